The van der Waals surface area contributed by atoms with Crippen LogP contribution in [0, 0.1) is 0 Å². The standard InChI is InChI=1S/C3H7N.C2H3F3.ClH/c4-3-1-2-3;3-1-2(4)5;/h3H,1-2,4H2;2H,1H2;1H. The predicted octanol–water partition coefficient (Wildman–Crippen LogP) is 1.75. The van der Waals surface area contributed by atoms with Crippen molar-refractivity contribution in [1.29, 1.82) is 0 Å². The number of rotatable bonds is 1. The van der Waals surface area contributed by atoms with Gasteiger partial charge in [-0.05, 0) is 12.8 Å². The van der Waals surface area contributed by atoms with Gasteiger partial charge in [0.05, 0.1) is 0 Å². The lowest BCUT2D eigenvalue weighted by molar-refractivity contribution is 0.113. The van der Waals surface area contributed by atoms with Crippen molar-refractivity contribution in [3.05, 3.63) is 0 Å². The monoisotopic (exact) mass is 177 g/mol. The molecule has 1 fully saturated rings. The van der Waals surface area contributed by atoms with Gasteiger partial charge in [0.2, 0.25) is 0 Å². The second kappa shape index (κ2) is 7.15. The molecule has 2 N–H and O–H groups in total. The normalized spacial score (nSPS) is 15.3. The first-order valence-electron chi connectivity index (χ1n) is 2.76. The Hall–Kier alpha value is 0.0400. The van der Waals surface area contributed by atoms with E-state index >= 15 is 0 Å². The van der Waals surface area contributed by atoms with Gasteiger partial charge in [-0.3, -0.25) is 0 Å². The van der Waals surface area contributed by atoms with Crippen LogP contribution in [-0.4, -0.2) is 19.1 Å². The second-order valence-corrected chi connectivity index (χ2v) is 1.88. The van der Waals surface area contributed by atoms with E-state index in [0.29, 0.717) is 6.04 Å². The van der Waals surface area contributed by atoms with Crippen molar-refractivity contribution in [3.63, 3.8) is 0 Å². The molecule has 0 aromatic rings. The summed E-state index contributed by atoms with van der Waals surface area (Å²) in [4.78, 5) is 0. The van der Waals surface area contributed by atoms with Crippen LogP contribution in [-0.2, 0) is 0 Å². The molecule has 1 aliphatic carbocycles. The minimum absolute atomic E-state index is 0. The van der Waals surface area contributed by atoms with Crippen molar-refractivity contribution in [3.8, 4) is 0 Å². The largest absolute Gasteiger partial charge is 0.328 e. The third-order valence-electron chi connectivity index (χ3n) is 0.739. The molecule has 0 atom stereocenters. The molecule has 0 radical (unpaired) electrons. The molecular weight excluding hydrogens is 167 g/mol. The molecule has 0 saturated heterocycles. The van der Waals surface area contributed by atoms with Crippen LogP contribution < -0.4 is 5.73 Å². The highest BCUT2D eigenvalue weighted by Gasteiger charge is 2.13. The first-order chi connectivity index (χ1) is 4.16. The van der Waals surface area contributed by atoms with Gasteiger partial charge in [-0.1, -0.05) is 0 Å². The summed E-state index contributed by atoms with van der Waals surface area (Å²) in [5, 5.41) is 0. The summed E-state index contributed by atoms with van der Waals surface area (Å²) in [7, 11) is 0. The molecule has 0 unspecified atom stereocenters. The molecule has 1 rings (SSSR count). The van der Waals surface area contributed by atoms with Gasteiger partial charge in [-0.25, -0.2) is 13.2 Å². The second-order valence-electron chi connectivity index (χ2n) is 1.88. The maximum absolute atomic E-state index is 10.4. The van der Waals surface area contributed by atoms with Gasteiger partial charge in [0, 0.05) is 6.04 Å². The maximum Gasteiger partial charge on any atom is 0.266 e. The van der Waals surface area contributed by atoms with E-state index in [1.807, 2.05) is 0 Å². The molecule has 0 amide bonds. The summed E-state index contributed by atoms with van der Waals surface area (Å²) < 4.78 is 31.1. The van der Waals surface area contributed by atoms with Crippen LogP contribution in [0.15, 0.2) is 0 Å². The lowest BCUT2D eigenvalue weighted by Crippen LogP contribution is -1.94. The van der Waals surface area contributed by atoms with Gasteiger partial charge in [0.25, 0.3) is 6.43 Å². The highest BCUT2D eigenvalue weighted by atomic mass is 35.5. The summed E-state index contributed by atoms with van der Waals surface area (Å²) in [5.74, 6) is 0. The molecule has 1 nitrogen and oxygen atoms in total. The fourth-order valence-corrected chi connectivity index (χ4v) is 0.0962. The fourth-order valence-electron chi connectivity index (χ4n) is 0.0962. The quantitative estimate of drug-likeness (QED) is 0.649. The van der Waals surface area contributed by atoms with Crippen LogP contribution in [0.3, 0.4) is 0 Å². The van der Waals surface area contributed by atoms with Gasteiger partial charge < -0.3 is 5.73 Å². The summed E-state index contributed by atoms with van der Waals surface area (Å²) in [6.07, 6.45) is -0.255. The first kappa shape index (κ1) is 12.7. The molecule has 0 aromatic heterocycles. The number of hydrogen-bond donors (Lipinski definition) is 1. The van der Waals surface area contributed by atoms with Gasteiger partial charge in [0.15, 0.2) is 6.67 Å². The van der Waals surface area contributed by atoms with Crippen LogP contribution in [0.4, 0.5) is 13.2 Å². The van der Waals surface area contributed by atoms with E-state index < -0.39 is 13.1 Å². The van der Waals surface area contributed by atoms with Crippen molar-refractivity contribution < 1.29 is 13.2 Å². The van der Waals surface area contributed by atoms with E-state index in [2.05, 4.69) is 0 Å². The van der Waals surface area contributed by atoms with Crippen LogP contribution in [0.25, 0.3) is 0 Å². The molecule has 1 aliphatic rings. The van der Waals surface area contributed by atoms with Crippen LogP contribution in [0.1, 0.15) is 12.8 Å². The molecule has 0 bridgehead atoms. The number of nitrogens with two attached hydrogens (primary N) is 1. The Balaban J connectivity index is 0. The molecule has 5 heteroatoms. The average molecular weight is 178 g/mol. The van der Waals surface area contributed by atoms with Crippen molar-refractivity contribution in [1.82, 2.24) is 0 Å². The fraction of sp³-hybridized carbons (Fsp3) is 1.00. The topological polar surface area (TPSA) is 26.0 Å². The third kappa shape index (κ3) is 15.7. The van der Waals surface area contributed by atoms with E-state index in [-0.39, 0.29) is 12.4 Å². The first-order valence-corrected chi connectivity index (χ1v) is 2.76. The molecule has 64 valence electrons. The SMILES string of the molecule is Cl.FCC(F)F.NC1CC1. The zero-order valence-corrected chi connectivity index (χ0v) is 6.21. The zero-order chi connectivity index (χ0) is 7.28. The van der Waals surface area contributed by atoms with Crippen LogP contribution in [0.2, 0.25) is 0 Å². The van der Waals surface area contributed by atoms with E-state index in [1.165, 1.54) is 12.8 Å². The Morgan fingerprint density at radius 3 is 1.60 bits per heavy atom. The minimum Gasteiger partial charge on any atom is -0.328 e. The Labute approximate surface area is 64.2 Å². The summed E-state index contributed by atoms with van der Waals surface area (Å²) in [5.41, 5.74) is 5.22. The lowest BCUT2D eigenvalue weighted by Gasteiger charge is -1.78. The Kier molecular flexibility index (Phi) is 9.08. The van der Waals surface area contributed by atoms with Crippen molar-refractivity contribution in [2.75, 3.05) is 6.67 Å². The zero-order valence-electron chi connectivity index (χ0n) is 5.40. The van der Waals surface area contributed by atoms with Crippen molar-refractivity contribution in [2.45, 2.75) is 25.3 Å². The number of alkyl halides is 3. The molecular formula is C5H11ClF3N. The van der Waals surface area contributed by atoms with Crippen molar-refractivity contribution >= 4 is 12.4 Å². The molecule has 0 aliphatic heterocycles. The maximum atomic E-state index is 10.4. The van der Waals surface area contributed by atoms with E-state index in [1.54, 1.807) is 0 Å². The highest BCUT2D eigenvalue weighted by Crippen LogP contribution is 2.13. The number of halogens is 4. The highest BCUT2D eigenvalue weighted by molar-refractivity contribution is 5.85. The molecule has 0 aromatic carbocycles. The summed E-state index contributed by atoms with van der Waals surface area (Å²) in [6, 6.07) is 0.583. The summed E-state index contributed by atoms with van der Waals surface area (Å²) >= 11 is 0. The molecule has 0 spiro atoms. The molecule has 1 saturated carbocycles. The van der Waals surface area contributed by atoms with Crippen LogP contribution >= 0.6 is 12.4 Å². The Morgan fingerprint density at radius 2 is 1.60 bits per heavy atom. The molecule has 0 heterocycles. The Morgan fingerprint density at radius 1 is 1.40 bits per heavy atom. The van der Waals surface area contributed by atoms with Gasteiger partial charge >= 0.3 is 0 Å². The van der Waals surface area contributed by atoms with E-state index in [9.17, 15) is 13.2 Å². The van der Waals surface area contributed by atoms with E-state index in [0.717, 1.165) is 0 Å². The third-order valence-corrected chi connectivity index (χ3v) is 0.739. The summed E-state index contributed by atoms with van der Waals surface area (Å²) in [6.45, 7) is -1.53. The van der Waals surface area contributed by atoms with Gasteiger partial charge in [-0.15, -0.1) is 12.4 Å². The van der Waals surface area contributed by atoms with Crippen LogP contribution in [0.5, 0.6) is 0 Å². The minimum atomic E-state index is -2.78. The van der Waals surface area contributed by atoms with Gasteiger partial charge in [0.1, 0.15) is 0 Å². The average Bonchev–Trinajstić information content (AvgIpc) is 2.53. The van der Waals surface area contributed by atoms with Gasteiger partial charge in [-0.2, -0.15) is 0 Å². The smallest absolute Gasteiger partial charge is 0.266 e. The van der Waals surface area contributed by atoms with Crippen molar-refractivity contribution in [2.24, 2.45) is 5.73 Å². The lowest BCUT2D eigenvalue weighted by atomic mass is 10.8. The number of hydrogen-bond acceptors (Lipinski definition) is 1. The Bertz CT molecular complexity index is 67.9. The molecule has 10 heavy (non-hydrogen) atoms. The predicted molar refractivity (Wildman–Crippen MR) is 36.4 cm³/mol. The van der Waals surface area contributed by atoms with E-state index in [4.69, 9.17) is 5.73 Å².